The molecule has 0 amide bonds. The molecule has 0 bridgehead atoms. The van der Waals surface area contributed by atoms with Crippen LogP contribution in [0, 0.1) is 0 Å². The SMILES string of the molecule is CC(C)(C)Nc1nsnc1Cl. The van der Waals surface area contributed by atoms with Crippen LogP contribution in [0.4, 0.5) is 5.82 Å². The number of aromatic nitrogens is 2. The average molecular weight is 192 g/mol. The lowest BCUT2D eigenvalue weighted by atomic mass is 10.1. The van der Waals surface area contributed by atoms with E-state index in [2.05, 4.69) is 14.1 Å². The van der Waals surface area contributed by atoms with E-state index in [-0.39, 0.29) is 5.54 Å². The van der Waals surface area contributed by atoms with Crippen LogP contribution < -0.4 is 5.32 Å². The third kappa shape index (κ3) is 2.63. The Balaban J connectivity index is 2.72. The fraction of sp³-hybridized carbons (Fsp3) is 0.667. The first-order chi connectivity index (χ1) is 4.99. The van der Waals surface area contributed by atoms with E-state index in [1.165, 1.54) is 0 Å². The van der Waals surface area contributed by atoms with Crippen LogP contribution in [0.25, 0.3) is 0 Å². The molecule has 3 nitrogen and oxygen atoms in total. The summed E-state index contributed by atoms with van der Waals surface area (Å²) in [6.45, 7) is 6.13. The van der Waals surface area contributed by atoms with Crippen molar-refractivity contribution in [3.8, 4) is 0 Å². The highest BCUT2D eigenvalue weighted by molar-refractivity contribution is 6.99. The van der Waals surface area contributed by atoms with Crippen LogP contribution in [0.1, 0.15) is 20.8 Å². The molecule has 1 heterocycles. The fourth-order valence-electron chi connectivity index (χ4n) is 0.608. The normalized spacial score (nSPS) is 11.6. The summed E-state index contributed by atoms with van der Waals surface area (Å²) in [7, 11) is 0. The Hall–Kier alpha value is -0.350. The molecule has 0 aromatic carbocycles. The van der Waals surface area contributed by atoms with Gasteiger partial charge < -0.3 is 5.32 Å². The predicted octanol–water partition coefficient (Wildman–Crippen LogP) is 2.40. The van der Waals surface area contributed by atoms with Crippen LogP contribution in [-0.2, 0) is 0 Å². The Labute approximate surface area is 75.1 Å². The van der Waals surface area contributed by atoms with Crippen molar-refractivity contribution in [3.63, 3.8) is 0 Å². The summed E-state index contributed by atoms with van der Waals surface area (Å²) < 4.78 is 7.82. The lowest BCUT2D eigenvalue weighted by Gasteiger charge is -2.19. The van der Waals surface area contributed by atoms with Crippen molar-refractivity contribution in [1.82, 2.24) is 8.75 Å². The smallest absolute Gasteiger partial charge is 0.186 e. The van der Waals surface area contributed by atoms with Crippen molar-refractivity contribution in [2.45, 2.75) is 26.3 Å². The molecule has 0 aliphatic carbocycles. The molecule has 0 fully saturated rings. The summed E-state index contributed by atoms with van der Waals surface area (Å²) in [4.78, 5) is 0. The first-order valence-electron chi connectivity index (χ1n) is 3.25. The second-order valence-corrected chi connectivity index (χ2v) is 4.17. The van der Waals surface area contributed by atoms with E-state index < -0.39 is 0 Å². The minimum absolute atomic E-state index is 0.0145. The maximum Gasteiger partial charge on any atom is 0.186 e. The summed E-state index contributed by atoms with van der Waals surface area (Å²) in [6.07, 6.45) is 0. The van der Waals surface area contributed by atoms with Gasteiger partial charge in [0, 0.05) is 5.54 Å². The number of halogens is 1. The van der Waals surface area contributed by atoms with E-state index in [1.54, 1.807) is 0 Å². The van der Waals surface area contributed by atoms with Gasteiger partial charge in [-0.3, -0.25) is 0 Å². The van der Waals surface area contributed by atoms with Crippen LogP contribution in [0.2, 0.25) is 5.15 Å². The average Bonchev–Trinajstić information content (AvgIpc) is 2.12. The van der Waals surface area contributed by atoms with Crippen molar-refractivity contribution in [2.75, 3.05) is 5.32 Å². The number of nitrogens with zero attached hydrogens (tertiary/aromatic N) is 2. The van der Waals surface area contributed by atoms with Crippen molar-refractivity contribution >= 4 is 29.1 Å². The number of rotatable bonds is 1. The Morgan fingerprint density at radius 3 is 2.36 bits per heavy atom. The second-order valence-electron chi connectivity index (χ2n) is 3.28. The van der Waals surface area contributed by atoms with Crippen LogP contribution >= 0.6 is 23.3 Å². The number of hydrogen-bond acceptors (Lipinski definition) is 4. The van der Waals surface area contributed by atoms with Crippen LogP contribution in [0.15, 0.2) is 0 Å². The maximum atomic E-state index is 5.72. The first kappa shape index (κ1) is 8.74. The van der Waals surface area contributed by atoms with Gasteiger partial charge >= 0.3 is 0 Å². The zero-order valence-corrected chi connectivity index (χ0v) is 8.25. The first-order valence-corrected chi connectivity index (χ1v) is 4.36. The molecule has 0 radical (unpaired) electrons. The molecule has 1 rings (SSSR count). The monoisotopic (exact) mass is 191 g/mol. The molecule has 5 heteroatoms. The summed E-state index contributed by atoms with van der Waals surface area (Å²) >= 11 is 6.83. The molecular weight excluding hydrogens is 182 g/mol. The molecule has 0 aliphatic heterocycles. The third-order valence-electron chi connectivity index (χ3n) is 0.942. The molecule has 1 aromatic rings. The van der Waals surface area contributed by atoms with Gasteiger partial charge in [-0.1, -0.05) is 11.6 Å². The number of anilines is 1. The molecular formula is C6H10ClN3S. The van der Waals surface area contributed by atoms with Gasteiger partial charge in [0.2, 0.25) is 0 Å². The van der Waals surface area contributed by atoms with Gasteiger partial charge in [-0.15, -0.1) is 0 Å². The fourth-order valence-corrected chi connectivity index (χ4v) is 1.25. The standard InChI is InChI=1S/C6H10ClN3S/c1-6(2,3)8-5-4(7)9-11-10-5/h1-3H3,(H,8,10). The minimum atomic E-state index is -0.0145. The zero-order valence-electron chi connectivity index (χ0n) is 6.68. The predicted molar refractivity (Wildman–Crippen MR) is 48.3 cm³/mol. The van der Waals surface area contributed by atoms with Crippen LogP contribution in [0.5, 0.6) is 0 Å². The molecule has 0 aliphatic rings. The van der Waals surface area contributed by atoms with Gasteiger partial charge in [0.25, 0.3) is 0 Å². The van der Waals surface area contributed by atoms with Gasteiger partial charge in [0.05, 0.1) is 11.7 Å². The summed E-state index contributed by atoms with van der Waals surface area (Å²) in [6, 6.07) is 0. The quantitative estimate of drug-likeness (QED) is 0.741. The lowest BCUT2D eigenvalue weighted by Crippen LogP contribution is -2.26. The Morgan fingerprint density at radius 2 is 2.00 bits per heavy atom. The summed E-state index contributed by atoms with van der Waals surface area (Å²) in [5.41, 5.74) is -0.0145. The molecule has 62 valence electrons. The van der Waals surface area contributed by atoms with Gasteiger partial charge in [-0.2, -0.15) is 8.75 Å². The van der Waals surface area contributed by atoms with Crippen molar-refractivity contribution in [1.29, 1.82) is 0 Å². The molecule has 0 unspecified atom stereocenters. The van der Waals surface area contributed by atoms with Crippen LogP contribution in [-0.4, -0.2) is 14.3 Å². The topological polar surface area (TPSA) is 37.8 Å². The van der Waals surface area contributed by atoms with Gasteiger partial charge in [-0.05, 0) is 20.8 Å². The van der Waals surface area contributed by atoms with E-state index in [0.717, 1.165) is 11.7 Å². The number of hydrogen-bond donors (Lipinski definition) is 1. The molecule has 0 saturated carbocycles. The Bertz CT molecular complexity index is 240. The van der Waals surface area contributed by atoms with Crippen molar-refractivity contribution in [2.24, 2.45) is 0 Å². The van der Waals surface area contributed by atoms with Crippen LogP contribution in [0.3, 0.4) is 0 Å². The van der Waals surface area contributed by atoms with Crippen molar-refractivity contribution in [3.05, 3.63) is 5.15 Å². The van der Waals surface area contributed by atoms with Gasteiger partial charge in [0.15, 0.2) is 11.0 Å². The summed E-state index contributed by atoms with van der Waals surface area (Å²) in [5, 5.41) is 3.58. The lowest BCUT2D eigenvalue weighted by molar-refractivity contribution is 0.631. The molecule has 11 heavy (non-hydrogen) atoms. The van der Waals surface area contributed by atoms with E-state index in [1.807, 2.05) is 20.8 Å². The Morgan fingerprint density at radius 1 is 1.36 bits per heavy atom. The number of nitrogens with one attached hydrogen (secondary N) is 1. The van der Waals surface area contributed by atoms with E-state index >= 15 is 0 Å². The van der Waals surface area contributed by atoms with E-state index in [0.29, 0.717) is 11.0 Å². The maximum absolute atomic E-state index is 5.72. The van der Waals surface area contributed by atoms with Gasteiger partial charge in [0.1, 0.15) is 0 Å². The molecule has 0 atom stereocenters. The highest BCUT2D eigenvalue weighted by Crippen LogP contribution is 2.21. The van der Waals surface area contributed by atoms with E-state index in [4.69, 9.17) is 11.6 Å². The van der Waals surface area contributed by atoms with E-state index in [9.17, 15) is 0 Å². The third-order valence-corrected chi connectivity index (χ3v) is 1.83. The van der Waals surface area contributed by atoms with Gasteiger partial charge in [-0.25, -0.2) is 0 Å². The minimum Gasteiger partial charge on any atom is -0.362 e. The molecule has 0 spiro atoms. The highest BCUT2D eigenvalue weighted by Gasteiger charge is 2.13. The molecule has 1 N–H and O–H groups in total. The second kappa shape index (κ2) is 2.95. The zero-order chi connectivity index (χ0) is 8.48. The summed E-state index contributed by atoms with van der Waals surface area (Å²) in [5.74, 6) is 0.671. The largest absolute Gasteiger partial charge is 0.362 e. The van der Waals surface area contributed by atoms with Crippen molar-refractivity contribution < 1.29 is 0 Å². The molecule has 1 aromatic heterocycles. The highest BCUT2D eigenvalue weighted by atomic mass is 35.5. The molecule has 0 saturated heterocycles. The Kier molecular flexibility index (Phi) is 2.34.